The number of aryl methyl sites for hydroxylation is 2. The van der Waals surface area contributed by atoms with Gasteiger partial charge in [0.25, 0.3) is 0 Å². The highest BCUT2D eigenvalue weighted by molar-refractivity contribution is 7.89. The molecule has 35 heavy (non-hydrogen) atoms. The van der Waals surface area contributed by atoms with E-state index in [-0.39, 0.29) is 33.6 Å². The highest BCUT2D eigenvalue weighted by atomic mass is 35.5. The van der Waals surface area contributed by atoms with Gasteiger partial charge in [-0.15, -0.1) is 0 Å². The molecule has 2 aromatic carbocycles. The number of hydrogen-bond donors (Lipinski definition) is 1. The molecule has 0 saturated heterocycles. The van der Waals surface area contributed by atoms with Gasteiger partial charge in [0.1, 0.15) is 11.6 Å². The minimum atomic E-state index is -3.96. The Kier molecular flexibility index (Phi) is 7.35. The quantitative estimate of drug-likeness (QED) is 0.271. The second-order valence-corrected chi connectivity index (χ2v) is 11.5. The fraction of sp³-hybridized carbons (Fsp3) is 0.385. The average Bonchev–Trinajstić information content (AvgIpc) is 2.80. The van der Waals surface area contributed by atoms with Gasteiger partial charge in [-0.2, -0.15) is 4.72 Å². The Hall–Kier alpha value is -2.68. The number of benzene rings is 2. The van der Waals surface area contributed by atoms with Crippen LogP contribution in [0, 0.1) is 12.8 Å². The smallest absolute Gasteiger partial charge is 0.339 e. The molecule has 3 aromatic rings. The van der Waals surface area contributed by atoms with Crippen LogP contribution in [0.5, 0.6) is 5.75 Å². The Labute approximate surface area is 209 Å². The summed E-state index contributed by atoms with van der Waals surface area (Å²) in [7, 11) is -3.96. The monoisotopic (exact) mass is 517 g/mol. The Morgan fingerprint density at radius 2 is 1.77 bits per heavy atom. The van der Waals surface area contributed by atoms with Gasteiger partial charge >= 0.3 is 11.6 Å². The molecule has 0 amide bonds. The molecule has 1 aliphatic carbocycles. The molecule has 1 aromatic heterocycles. The van der Waals surface area contributed by atoms with E-state index >= 15 is 0 Å². The molecule has 1 aliphatic rings. The van der Waals surface area contributed by atoms with Crippen molar-refractivity contribution in [1.29, 1.82) is 0 Å². The van der Waals surface area contributed by atoms with Gasteiger partial charge < -0.3 is 9.15 Å². The average molecular weight is 518 g/mol. The van der Waals surface area contributed by atoms with Crippen molar-refractivity contribution in [2.75, 3.05) is 0 Å². The first kappa shape index (κ1) is 25.4. The molecule has 0 aliphatic heterocycles. The molecule has 9 heteroatoms. The van der Waals surface area contributed by atoms with Gasteiger partial charge in [-0.25, -0.2) is 18.0 Å². The zero-order valence-electron chi connectivity index (χ0n) is 19.9. The van der Waals surface area contributed by atoms with Crippen molar-refractivity contribution < 1.29 is 22.4 Å². The number of halogens is 1. The summed E-state index contributed by atoms with van der Waals surface area (Å²) in [5.41, 5.74) is 2.40. The third kappa shape index (κ3) is 5.60. The van der Waals surface area contributed by atoms with Gasteiger partial charge in [0.15, 0.2) is 5.75 Å². The summed E-state index contributed by atoms with van der Waals surface area (Å²) in [4.78, 5) is 25.6. The fourth-order valence-corrected chi connectivity index (χ4v) is 5.74. The van der Waals surface area contributed by atoms with Crippen molar-refractivity contribution in [3.05, 3.63) is 68.5 Å². The summed E-state index contributed by atoms with van der Waals surface area (Å²) in [6, 6.07) is 8.27. The molecular weight excluding hydrogens is 490 g/mol. The van der Waals surface area contributed by atoms with Crippen LogP contribution in [0.2, 0.25) is 5.02 Å². The van der Waals surface area contributed by atoms with Gasteiger partial charge in [-0.3, -0.25) is 0 Å². The topological polar surface area (TPSA) is 103 Å². The number of rotatable bonds is 7. The summed E-state index contributed by atoms with van der Waals surface area (Å²) in [6.07, 6.45) is 3.54. The number of sulfonamides is 1. The Morgan fingerprint density at radius 1 is 1.11 bits per heavy atom. The number of carbonyl (C=O) groups excluding carboxylic acids is 1. The van der Waals surface area contributed by atoms with Crippen LogP contribution < -0.4 is 15.1 Å². The minimum Gasteiger partial charge on any atom is -0.424 e. The molecule has 1 N–H and O–H groups in total. The molecule has 7 nitrogen and oxygen atoms in total. The van der Waals surface area contributed by atoms with E-state index in [1.807, 2.05) is 20.8 Å². The summed E-state index contributed by atoms with van der Waals surface area (Å²) in [5.74, 6) is -0.785. The molecule has 1 unspecified atom stereocenters. The van der Waals surface area contributed by atoms with Crippen LogP contribution in [0.25, 0.3) is 11.0 Å². The van der Waals surface area contributed by atoms with E-state index in [0.29, 0.717) is 12.0 Å². The molecule has 0 spiro atoms. The molecule has 186 valence electrons. The first-order valence-electron chi connectivity index (χ1n) is 11.6. The van der Waals surface area contributed by atoms with E-state index in [4.69, 9.17) is 20.8 Å². The van der Waals surface area contributed by atoms with Crippen LogP contribution in [-0.2, 0) is 27.7 Å². The van der Waals surface area contributed by atoms with Gasteiger partial charge in [0.2, 0.25) is 10.0 Å². The second kappa shape index (κ2) is 10.1. The predicted molar refractivity (Wildman–Crippen MR) is 135 cm³/mol. The molecule has 0 bridgehead atoms. The van der Waals surface area contributed by atoms with Crippen molar-refractivity contribution in [2.24, 2.45) is 5.92 Å². The summed E-state index contributed by atoms with van der Waals surface area (Å²) < 4.78 is 39.3. The maximum Gasteiger partial charge on any atom is 0.339 e. The zero-order chi connectivity index (χ0) is 25.3. The largest absolute Gasteiger partial charge is 0.424 e. The SMILES string of the molecule is Cc1ccc(S(=O)(=O)NC(CC(C)C)C(=O)Oc2cc3oc(=O)c4c(c3cc2Cl)CCCC4)cc1. The molecule has 4 rings (SSSR count). The summed E-state index contributed by atoms with van der Waals surface area (Å²) in [6.45, 7) is 5.61. The minimum absolute atomic E-state index is 0.00453. The molecule has 0 fully saturated rings. The van der Waals surface area contributed by atoms with Crippen LogP contribution >= 0.6 is 11.6 Å². The molecule has 1 atom stereocenters. The van der Waals surface area contributed by atoms with Crippen molar-refractivity contribution in [3.8, 4) is 5.75 Å². The third-order valence-electron chi connectivity index (χ3n) is 6.11. The highest BCUT2D eigenvalue weighted by Gasteiger charge is 2.29. The number of nitrogens with one attached hydrogen (secondary N) is 1. The van der Waals surface area contributed by atoms with Crippen molar-refractivity contribution in [3.63, 3.8) is 0 Å². The lowest BCUT2D eigenvalue weighted by Crippen LogP contribution is -2.43. The number of carbonyl (C=O) groups is 1. The maximum atomic E-state index is 13.1. The van der Waals surface area contributed by atoms with E-state index in [0.717, 1.165) is 35.8 Å². The van der Waals surface area contributed by atoms with E-state index in [1.165, 1.54) is 18.2 Å². The van der Waals surface area contributed by atoms with Crippen LogP contribution in [-0.4, -0.2) is 20.4 Å². The number of fused-ring (bicyclic) bond motifs is 3. The highest BCUT2D eigenvalue weighted by Crippen LogP contribution is 2.34. The second-order valence-electron chi connectivity index (χ2n) is 9.37. The Morgan fingerprint density at radius 3 is 2.43 bits per heavy atom. The standard InChI is InChI=1S/C26H28ClNO6S/c1-15(2)12-22(28-35(31,32)17-10-8-16(3)9-11-17)26(30)34-24-14-23-20(13-21(24)27)18-6-4-5-7-19(18)25(29)33-23/h8-11,13-15,22,28H,4-7,12H2,1-3H3. The first-order chi connectivity index (χ1) is 16.5. The van der Waals surface area contributed by atoms with Gasteiger partial charge in [-0.05, 0) is 68.7 Å². The molecule has 0 saturated carbocycles. The fourth-order valence-electron chi connectivity index (χ4n) is 4.34. The first-order valence-corrected chi connectivity index (χ1v) is 13.5. The molecular formula is C26H28ClNO6S. The van der Waals surface area contributed by atoms with Crippen molar-refractivity contribution in [1.82, 2.24) is 4.72 Å². The van der Waals surface area contributed by atoms with Crippen molar-refractivity contribution in [2.45, 2.75) is 63.8 Å². The lowest BCUT2D eigenvalue weighted by atomic mass is 9.90. The number of ether oxygens (including phenoxy) is 1. The molecule has 1 heterocycles. The van der Waals surface area contributed by atoms with E-state index in [2.05, 4.69) is 4.72 Å². The predicted octanol–water partition coefficient (Wildman–Crippen LogP) is 4.93. The zero-order valence-corrected chi connectivity index (χ0v) is 21.5. The number of hydrogen-bond acceptors (Lipinski definition) is 6. The Bertz CT molecular complexity index is 1430. The van der Waals surface area contributed by atoms with E-state index in [9.17, 15) is 18.0 Å². The third-order valence-corrected chi connectivity index (χ3v) is 7.89. The van der Waals surface area contributed by atoms with E-state index < -0.39 is 27.7 Å². The van der Waals surface area contributed by atoms with E-state index in [1.54, 1.807) is 18.2 Å². The van der Waals surface area contributed by atoms with Gasteiger partial charge in [0, 0.05) is 17.0 Å². The van der Waals surface area contributed by atoms with Crippen LogP contribution in [0.3, 0.4) is 0 Å². The van der Waals surface area contributed by atoms with Gasteiger partial charge in [-0.1, -0.05) is 43.1 Å². The lowest BCUT2D eigenvalue weighted by Gasteiger charge is -2.20. The van der Waals surface area contributed by atoms with Crippen LogP contribution in [0.1, 0.15) is 49.8 Å². The normalized spacial score (nSPS) is 14.7. The van der Waals surface area contributed by atoms with Crippen LogP contribution in [0.4, 0.5) is 0 Å². The van der Waals surface area contributed by atoms with Crippen LogP contribution in [0.15, 0.2) is 50.5 Å². The summed E-state index contributed by atoms with van der Waals surface area (Å²) in [5, 5.41) is 0.903. The van der Waals surface area contributed by atoms with Gasteiger partial charge in [0.05, 0.1) is 9.92 Å². The lowest BCUT2D eigenvalue weighted by molar-refractivity contribution is -0.136. The van der Waals surface area contributed by atoms with Crippen molar-refractivity contribution >= 4 is 38.6 Å². The molecule has 0 radical (unpaired) electrons. The summed E-state index contributed by atoms with van der Waals surface area (Å²) >= 11 is 6.45. The Balaban J connectivity index is 1.63. The maximum absolute atomic E-state index is 13.1. The number of esters is 1.